The number of ether oxygens (including phenoxy) is 2. The number of fused-ring (bicyclic) bond motifs is 1. The molecule has 3 heterocycles. The molecular weight excluding hydrogens is 595 g/mol. The highest BCUT2D eigenvalue weighted by Gasteiger charge is 2.36. The maximum atomic E-state index is 14.4. The highest BCUT2D eigenvalue weighted by Crippen LogP contribution is 2.32. The number of halogens is 1. The van der Waals surface area contributed by atoms with Gasteiger partial charge in [-0.05, 0) is 43.5 Å². The van der Waals surface area contributed by atoms with Gasteiger partial charge in [0, 0.05) is 13.0 Å². The largest absolute Gasteiger partial charge is 0.481 e. The van der Waals surface area contributed by atoms with Gasteiger partial charge in [-0.15, -0.1) is 0 Å². The molecule has 2 aliphatic heterocycles. The highest BCUT2D eigenvalue weighted by molar-refractivity contribution is 7.85. The van der Waals surface area contributed by atoms with Gasteiger partial charge in [-0.25, -0.2) is 9.37 Å². The molecule has 234 valence electrons. The Morgan fingerprint density at radius 3 is 2.66 bits per heavy atom. The number of anilines is 1. The van der Waals surface area contributed by atoms with Gasteiger partial charge in [0.25, 0.3) is 21.6 Å². The first-order chi connectivity index (χ1) is 20.8. The molecule has 12 nitrogen and oxygen atoms in total. The van der Waals surface area contributed by atoms with Crippen LogP contribution in [0.15, 0.2) is 53.3 Å². The Morgan fingerprint density at radius 2 is 1.93 bits per heavy atom. The third kappa shape index (κ3) is 6.82. The van der Waals surface area contributed by atoms with Crippen molar-refractivity contribution in [3.8, 4) is 5.75 Å². The first-order valence-corrected chi connectivity index (χ1v) is 15.8. The standard InChI is InChI=1S/C30H33FN4O8S/c1-30(2)29-33-25(26(28(38)34(29)13-14-42-30)41-17-19-7-5-4-6-8-19)27(37)32-16-20-9-10-21(31)15-23(20)35-22(11-12-24(35)36)18-43-44(3,39)40/h4-10,15,22H,11-14,16-18H2,1-3H3,(H,32,37). The second-order valence-electron chi connectivity index (χ2n) is 11.1. The van der Waals surface area contributed by atoms with Crippen molar-refractivity contribution >= 4 is 27.6 Å². The van der Waals surface area contributed by atoms with Crippen LogP contribution in [0.4, 0.5) is 10.1 Å². The van der Waals surface area contributed by atoms with E-state index in [4.69, 9.17) is 13.7 Å². The van der Waals surface area contributed by atoms with Gasteiger partial charge in [0.15, 0.2) is 5.69 Å². The molecular formula is C30H33FN4O8S. The van der Waals surface area contributed by atoms with E-state index >= 15 is 0 Å². The Balaban J connectivity index is 1.45. The number of rotatable bonds is 10. The smallest absolute Gasteiger partial charge is 0.296 e. The summed E-state index contributed by atoms with van der Waals surface area (Å²) in [5.74, 6) is -1.64. The molecule has 2 amide bonds. The summed E-state index contributed by atoms with van der Waals surface area (Å²) in [6.07, 6.45) is 1.32. The molecule has 2 aliphatic rings. The van der Waals surface area contributed by atoms with E-state index in [1.807, 2.05) is 30.3 Å². The van der Waals surface area contributed by atoms with Gasteiger partial charge >= 0.3 is 0 Å². The van der Waals surface area contributed by atoms with E-state index in [1.165, 1.54) is 21.6 Å². The van der Waals surface area contributed by atoms with Crippen LogP contribution in [0.2, 0.25) is 0 Å². The van der Waals surface area contributed by atoms with E-state index in [1.54, 1.807) is 13.8 Å². The molecule has 3 aromatic rings. The quantitative estimate of drug-likeness (QED) is 0.335. The lowest BCUT2D eigenvalue weighted by atomic mass is 10.1. The lowest BCUT2D eigenvalue weighted by Crippen LogP contribution is -2.43. The Labute approximate surface area is 253 Å². The number of hydrogen-bond acceptors (Lipinski definition) is 9. The van der Waals surface area contributed by atoms with Crippen molar-refractivity contribution in [1.82, 2.24) is 14.9 Å². The maximum Gasteiger partial charge on any atom is 0.296 e. The number of nitrogens with one attached hydrogen (secondary N) is 1. The average Bonchev–Trinajstić information content (AvgIpc) is 3.34. The van der Waals surface area contributed by atoms with E-state index in [-0.39, 0.29) is 68.2 Å². The molecule has 1 atom stereocenters. The molecule has 1 fully saturated rings. The molecule has 2 aromatic carbocycles. The van der Waals surface area contributed by atoms with Gasteiger partial charge in [0.1, 0.15) is 23.8 Å². The molecule has 14 heteroatoms. The predicted octanol–water partition coefficient (Wildman–Crippen LogP) is 2.63. The van der Waals surface area contributed by atoms with Crippen LogP contribution >= 0.6 is 0 Å². The summed E-state index contributed by atoms with van der Waals surface area (Å²) in [5.41, 5.74) is -0.381. The first kappa shape index (κ1) is 31.3. The number of carbonyl (C=O) groups is 2. The molecule has 0 radical (unpaired) electrons. The summed E-state index contributed by atoms with van der Waals surface area (Å²) < 4.78 is 55.7. The van der Waals surface area contributed by atoms with Crippen LogP contribution in [-0.2, 0) is 49.1 Å². The molecule has 1 saturated heterocycles. The molecule has 1 unspecified atom stereocenters. The Bertz CT molecular complexity index is 1740. The van der Waals surface area contributed by atoms with Crippen molar-refractivity contribution in [2.24, 2.45) is 0 Å². The molecule has 1 aromatic heterocycles. The Hall–Kier alpha value is -4.14. The van der Waals surface area contributed by atoms with E-state index in [0.29, 0.717) is 12.0 Å². The zero-order valence-corrected chi connectivity index (χ0v) is 25.4. The number of amides is 2. The van der Waals surface area contributed by atoms with Crippen LogP contribution in [0, 0.1) is 5.82 Å². The lowest BCUT2D eigenvalue weighted by molar-refractivity contribution is -0.117. The molecule has 5 rings (SSSR count). The average molecular weight is 629 g/mol. The third-order valence-corrected chi connectivity index (χ3v) is 8.00. The minimum absolute atomic E-state index is 0.0212. The van der Waals surface area contributed by atoms with E-state index in [0.717, 1.165) is 17.9 Å². The van der Waals surface area contributed by atoms with Crippen molar-refractivity contribution in [2.75, 3.05) is 24.4 Å². The predicted molar refractivity (Wildman–Crippen MR) is 157 cm³/mol. The monoisotopic (exact) mass is 628 g/mol. The van der Waals surface area contributed by atoms with Crippen LogP contribution in [0.3, 0.4) is 0 Å². The zero-order valence-electron chi connectivity index (χ0n) is 24.5. The number of carbonyl (C=O) groups excluding carboxylic acids is 2. The van der Waals surface area contributed by atoms with Gasteiger partial charge < -0.3 is 19.7 Å². The number of benzene rings is 2. The second-order valence-corrected chi connectivity index (χ2v) is 12.7. The maximum absolute atomic E-state index is 14.4. The fourth-order valence-electron chi connectivity index (χ4n) is 5.28. The highest BCUT2D eigenvalue weighted by atomic mass is 32.2. The van der Waals surface area contributed by atoms with E-state index in [2.05, 4.69) is 10.3 Å². The van der Waals surface area contributed by atoms with Crippen LogP contribution in [0.1, 0.15) is 54.1 Å². The topological polar surface area (TPSA) is 146 Å². The molecule has 44 heavy (non-hydrogen) atoms. The van der Waals surface area contributed by atoms with Gasteiger partial charge in [0.2, 0.25) is 11.7 Å². The minimum atomic E-state index is -3.77. The first-order valence-electron chi connectivity index (χ1n) is 14.0. The number of hydrogen-bond donors (Lipinski definition) is 1. The Morgan fingerprint density at radius 1 is 1.18 bits per heavy atom. The fourth-order valence-corrected chi connectivity index (χ4v) is 5.68. The summed E-state index contributed by atoms with van der Waals surface area (Å²) in [6.45, 7) is 3.57. The zero-order chi connectivity index (χ0) is 31.6. The summed E-state index contributed by atoms with van der Waals surface area (Å²) in [7, 11) is -3.77. The van der Waals surface area contributed by atoms with Crippen molar-refractivity contribution in [1.29, 1.82) is 0 Å². The number of aromatic nitrogens is 2. The number of nitrogens with zero attached hydrogens (tertiary/aromatic N) is 3. The summed E-state index contributed by atoms with van der Waals surface area (Å²) >= 11 is 0. The molecule has 0 bridgehead atoms. The minimum Gasteiger partial charge on any atom is -0.481 e. The van der Waals surface area contributed by atoms with Crippen LogP contribution < -0.4 is 20.5 Å². The SMILES string of the molecule is CC1(C)OCCn2c1nc(C(=O)NCc1ccc(F)cc1N1C(=O)CCC1COS(C)(=O)=O)c(OCc1ccccc1)c2=O. The van der Waals surface area contributed by atoms with Gasteiger partial charge in [-0.1, -0.05) is 36.4 Å². The van der Waals surface area contributed by atoms with Crippen LogP contribution in [0.5, 0.6) is 5.75 Å². The van der Waals surface area contributed by atoms with Crippen molar-refractivity contribution in [3.63, 3.8) is 0 Å². The van der Waals surface area contributed by atoms with E-state index < -0.39 is 39.0 Å². The van der Waals surface area contributed by atoms with Crippen molar-refractivity contribution in [3.05, 3.63) is 87.3 Å². The normalized spacial score (nSPS) is 17.8. The fraction of sp³-hybridized carbons (Fsp3) is 0.400. The van der Waals surface area contributed by atoms with Crippen molar-refractivity contribution in [2.45, 2.75) is 58.0 Å². The Kier molecular flexibility index (Phi) is 8.86. The molecule has 0 saturated carbocycles. The third-order valence-electron chi connectivity index (χ3n) is 7.43. The van der Waals surface area contributed by atoms with Gasteiger partial charge in [-0.3, -0.25) is 23.1 Å². The van der Waals surface area contributed by atoms with E-state index in [9.17, 15) is 27.2 Å². The van der Waals surface area contributed by atoms with Gasteiger partial charge in [-0.2, -0.15) is 8.42 Å². The molecule has 0 aliphatic carbocycles. The van der Waals surface area contributed by atoms with Gasteiger partial charge in [0.05, 0.1) is 37.7 Å². The molecule has 1 N–H and O–H groups in total. The summed E-state index contributed by atoms with van der Waals surface area (Å²) in [6, 6.07) is 12.2. The summed E-state index contributed by atoms with van der Waals surface area (Å²) in [5, 5.41) is 2.73. The van der Waals surface area contributed by atoms with Crippen LogP contribution in [-0.4, -0.2) is 55.3 Å². The molecule has 0 spiro atoms. The second kappa shape index (κ2) is 12.5. The lowest BCUT2D eigenvalue weighted by Gasteiger charge is -2.33. The summed E-state index contributed by atoms with van der Waals surface area (Å²) in [4.78, 5) is 45.9. The van der Waals surface area contributed by atoms with Crippen LogP contribution in [0.25, 0.3) is 0 Å². The van der Waals surface area contributed by atoms with Crippen molar-refractivity contribution < 1.29 is 36.1 Å².